The Morgan fingerprint density at radius 3 is 2.89 bits per heavy atom. The molecule has 2 rings (SSSR count). The van der Waals surface area contributed by atoms with Gasteiger partial charge in [0.25, 0.3) is 5.91 Å². The summed E-state index contributed by atoms with van der Waals surface area (Å²) in [5.74, 6) is -0.120. The Morgan fingerprint density at radius 1 is 1.44 bits per heavy atom. The number of amides is 1. The van der Waals surface area contributed by atoms with Gasteiger partial charge in [-0.2, -0.15) is 0 Å². The zero-order valence-corrected chi connectivity index (χ0v) is 11.2. The minimum absolute atomic E-state index is 0.120. The summed E-state index contributed by atoms with van der Waals surface area (Å²) >= 11 is 1.58. The van der Waals surface area contributed by atoms with E-state index in [1.54, 1.807) is 23.5 Å². The van der Waals surface area contributed by atoms with Crippen LogP contribution in [-0.4, -0.2) is 10.9 Å². The Morgan fingerprint density at radius 2 is 2.22 bits per heavy atom. The van der Waals surface area contributed by atoms with E-state index in [-0.39, 0.29) is 5.91 Å². The standard InChI is InChI=1S/C13H15N3OS/c1-8-3-4-10(14)5-12(8)13(17)15-6-11-7-18-9(2)16-11/h3-5,7H,6,14H2,1-2H3,(H,15,17). The van der Waals surface area contributed by atoms with Crippen molar-refractivity contribution in [2.75, 3.05) is 5.73 Å². The molecule has 1 heterocycles. The molecule has 0 aliphatic heterocycles. The normalized spacial score (nSPS) is 10.3. The molecule has 0 saturated carbocycles. The quantitative estimate of drug-likeness (QED) is 0.833. The number of nitrogen functional groups attached to an aromatic ring is 1. The fourth-order valence-corrected chi connectivity index (χ4v) is 2.25. The van der Waals surface area contributed by atoms with Crippen LogP contribution in [0.4, 0.5) is 5.69 Å². The van der Waals surface area contributed by atoms with Gasteiger partial charge in [-0.3, -0.25) is 4.79 Å². The Balaban J connectivity index is 2.05. The van der Waals surface area contributed by atoms with E-state index in [0.29, 0.717) is 17.8 Å². The number of nitrogens with one attached hydrogen (secondary N) is 1. The third-order valence-corrected chi connectivity index (χ3v) is 3.43. The molecule has 0 atom stereocenters. The van der Waals surface area contributed by atoms with Crippen LogP contribution >= 0.6 is 11.3 Å². The van der Waals surface area contributed by atoms with Crippen LogP contribution in [0.2, 0.25) is 0 Å². The SMILES string of the molecule is Cc1nc(CNC(=O)c2cc(N)ccc2C)cs1. The number of hydrogen-bond acceptors (Lipinski definition) is 4. The number of thiazole rings is 1. The van der Waals surface area contributed by atoms with Crippen LogP contribution in [0.25, 0.3) is 0 Å². The molecule has 18 heavy (non-hydrogen) atoms. The van der Waals surface area contributed by atoms with Crippen LogP contribution in [0.3, 0.4) is 0 Å². The minimum atomic E-state index is -0.120. The van der Waals surface area contributed by atoms with E-state index in [1.807, 2.05) is 25.3 Å². The maximum absolute atomic E-state index is 12.0. The van der Waals surface area contributed by atoms with Gasteiger partial charge in [-0.25, -0.2) is 4.98 Å². The molecular weight excluding hydrogens is 246 g/mol. The van der Waals surface area contributed by atoms with E-state index in [2.05, 4.69) is 10.3 Å². The number of nitrogens with two attached hydrogens (primary N) is 1. The van der Waals surface area contributed by atoms with Crippen LogP contribution in [0, 0.1) is 13.8 Å². The first-order valence-electron chi connectivity index (χ1n) is 5.61. The van der Waals surface area contributed by atoms with Crippen LogP contribution < -0.4 is 11.1 Å². The number of anilines is 1. The maximum Gasteiger partial charge on any atom is 0.251 e. The molecule has 0 fully saturated rings. The van der Waals surface area contributed by atoms with E-state index >= 15 is 0 Å². The van der Waals surface area contributed by atoms with Gasteiger partial charge >= 0.3 is 0 Å². The molecule has 5 heteroatoms. The predicted molar refractivity (Wildman–Crippen MR) is 73.6 cm³/mol. The summed E-state index contributed by atoms with van der Waals surface area (Å²) in [6, 6.07) is 5.32. The third-order valence-electron chi connectivity index (χ3n) is 2.60. The summed E-state index contributed by atoms with van der Waals surface area (Å²) < 4.78 is 0. The van der Waals surface area contributed by atoms with Gasteiger partial charge in [0, 0.05) is 16.6 Å². The van der Waals surface area contributed by atoms with Crippen molar-refractivity contribution >= 4 is 22.9 Å². The van der Waals surface area contributed by atoms with E-state index in [1.165, 1.54) is 0 Å². The van der Waals surface area contributed by atoms with Gasteiger partial charge in [-0.15, -0.1) is 11.3 Å². The summed E-state index contributed by atoms with van der Waals surface area (Å²) in [6.45, 7) is 4.27. The monoisotopic (exact) mass is 261 g/mol. The summed E-state index contributed by atoms with van der Waals surface area (Å²) in [4.78, 5) is 16.3. The first-order valence-corrected chi connectivity index (χ1v) is 6.49. The molecule has 4 nitrogen and oxygen atoms in total. The fraction of sp³-hybridized carbons (Fsp3) is 0.231. The minimum Gasteiger partial charge on any atom is -0.399 e. The van der Waals surface area contributed by atoms with Gasteiger partial charge in [-0.05, 0) is 31.5 Å². The summed E-state index contributed by atoms with van der Waals surface area (Å²) in [6.07, 6.45) is 0. The van der Waals surface area contributed by atoms with Gasteiger partial charge in [0.2, 0.25) is 0 Å². The third kappa shape index (κ3) is 2.87. The summed E-state index contributed by atoms with van der Waals surface area (Å²) in [5.41, 5.74) is 8.69. The van der Waals surface area contributed by atoms with Crippen molar-refractivity contribution in [2.45, 2.75) is 20.4 Å². The number of aryl methyl sites for hydroxylation is 2. The first-order chi connectivity index (χ1) is 8.56. The molecule has 0 bridgehead atoms. The highest BCUT2D eigenvalue weighted by Crippen LogP contribution is 2.13. The first kappa shape index (κ1) is 12.6. The molecule has 94 valence electrons. The number of carbonyl (C=O) groups is 1. The average molecular weight is 261 g/mol. The lowest BCUT2D eigenvalue weighted by molar-refractivity contribution is 0.0950. The molecule has 0 saturated heterocycles. The van der Waals surface area contributed by atoms with Crippen molar-refractivity contribution in [3.63, 3.8) is 0 Å². The second kappa shape index (κ2) is 5.18. The second-order valence-corrected chi connectivity index (χ2v) is 5.18. The zero-order chi connectivity index (χ0) is 13.1. The molecule has 1 aromatic heterocycles. The number of benzene rings is 1. The van der Waals surface area contributed by atoms with Gasteiger partial charge in [0.05, 0.1) is 17.2 Å². The van der Waals surface area contributed by atoms with E-state index < -0.39 is 0 Å². The molecule has 0 aliphatic rings. The second-order valence-electron chi connectivity index (χ2n) is 4.11. The number of hydrogen-bond donors (Lipinski definition) is 2. The van der Waals surface area contributed by atoms with E-state index in [4.69, 9.17) is 5.73 Å². The smallest absolute Gasteiger partial charge is 0.251 e. The van der Waals surface area contributed by atoms with Gasteiger partial charge in [0.15, 0.2) is 0 Å². The van der Waals surface area contributed by atoms with E-state index in [9.17, 15) is 4.79 Å². The van der Waals surface area contributed by atoms with Crippen LogP contribution in [-0.2, 0) is 6.54 Å². The number of aromatic nitrogens is 1. The van der Waals surface area contributed by atoms with Crippen molar-refractivity contribution in [1.29, 1.82) is 0 Å². The highest BCUT2D eigenvalue weighted by molar-refractivity contribution is 7.09. The highest BCUT2D eigenvalue weighted by Gasteiger charge is 2.09. The van der Waals surface area contributed by atoms with Crippen molar-refractivity contribution < 1.29 is 4.79 Å². The predicted octanol–water partition coefficient (Wildman–Crippen LogP) is 2.27. The van der Waals surface area contributed by atoms with Gasteiger partial charge in [-0.1, -0.05) is 6.07 Å². The molecule has 2 aromatic rings. The summed E-state index contributed by atoms with van der Waals surface area (Å²) in [7, 11) is 0. The van der Waals surface area contributed by atoms with Crippen LogP contribution in [0.5, 0.6) is 0 Å². The largest absolute Gasteiger partial charge is 0.399 e. The zero-order valence-electron chi connectivity index (χ0n) is 10.4. The van der Waals surface area contributed by atoms with Crippen LogP contribution in [0.1, 0.15) is 26.6 Å². The topological polar surface area (TPSA) is 68.0 Å². The Labute approximate surface area is 110 Å². The van der Waals surface area contributed by atoms with Crippen molar-refractivity contribution in [2.24, 2.45) is 0 Å². The molecule has 0 radical (unpaired) electrons. The summed E-state index contributed by atoms with van der Waals surface area (Å²) in [5, 5.41) is 5.79. The fourth-order valence-electron chi connectivity index (χ4n) is 1.64. The highest BCUT2D eigenvalue weighted by atomic mass is 32.1. The van der Waals surface area contributed by atoms with Crippen molar-refractivity contribution in [3.05, 3.63) is 45.4 Å². The molecule has 0 spiro atoms. The lowest BCUT2D eigenvalue weighted by atomic mass is 10.1. The Bertz CT molecular complexity index is 577. The lowest BCUT2D eigenvalue weighted by Crippen LogP contribution is -2.23. The molecular formula is C13H15N3OS. The number of nitrogens with zero attached hydrogens (tertiary/aromatic N) is 1. The Hall–Kier alpha value is -1.88. The number of rotatable bonds is 3. The average Bonchev–Trinajstić information content (AvgIpc) is 2.75. The lowest BCUT2D eigenvalue weighted by Gasteiger charge is -2.07. The van der Waals surface area contributed by atoms with Gasteiger partial charge in [0.1, 0.15) is 0 Å². The Kier molecular flexibility index (Phi) is 3.62. The molecule has 0 unspecified atom stereocenters. The molecule has 1 aromatic carbocycles. The van der Waals surface area contributed by atoms with Crippen LogP contribution in [0.15, 0.2) is 23.6 Å². The van der Waals surface area contributed by atoms with Crippen molar-refractivity contribution in [1.82, 2.24) is 10.3 Å². The molecule has 1 amide bonds. The maximum atomic E-state index is 12.0. The number of carbonyl (C=O) groups excluding carboxylic acids is 1. The molecule has 0 aliphatic carbocycles. The van der Waals surface area contributed by atoms with E-state index in [0.717, 1.165) is 16.3 Å². The van der Waals surface area contributed by atoms with Gasteiger partial charge < -0.3 is 11.1 Å². The molecule has 3 N–H and O–H groups in total. The van der Waals surface area contributed by atoms with Crippen molar-refractivity contribution in [3.8, 4) is 0 Å².